The number of anilines is 1. The Balaban J connectivity index is 2.05. The predicted octanol–water partition coefficient (Wildman–Crippen LogP) is 3.62. The molecule has 0 amide bonds. The van der Waals surface area contributed by atoms with Crippen molar-refractivity contribution < 1.29 is 0 Å². The maximum absolute atomic E-state index is 6.15. The summed E-state index contributed by atoms with van der Waals surface area (Å²) in [6, 6.07) is 8.42. The number of nitrogens with one attached hydrogen (secondary N) is 1. The molecule has 0 atom stereocenters. The highest BCUT2D eigenvalue weighted by Gasteiger charge is 2.24. The van der Waals surface area contributed by atoms with E-state index in [1.54, 1.807) is 0 Å². The molecule has 0 aliphatic carbocycles. The van der Waals surface area contributed by atoms with Crippen molar-refractivity contribution in [2.75, 3.05) is 5.73 Å². The van der Waals surface area contributed by atoms with Crippen LogP contribution in [0, 0.1) is 6.92 Å². The molecule has 0 saturated carbocycles. The van der Waals surface area contributed by atoms with Crippen LogP contribution in [0.2, 0.25) is 0 Å². The molecule has 1 aromatic carbocycles. The molecule has 0 aliphatic heterocycles. The summed E-state index contributed by atoms with van der Waals surface area (Å²) in [5.74, 6) is 0.445. The lowest BCUT2D eigenvalue weighted by Gasteiger charge is -2.19. The fourth-order valence-corrected chi connectivity index (χ4v) is 3.00. The first kappa shape index (κ1) is 14.7. The Hall–Kier alpha value is -2.89. The van der Waals surface area contributed by atoms with E-state index in [1.165, 1.54) is 11.9 Å². The molecule has 0 aliphatic rings. The van der Waals surface area contributed by atoms with Crippen LogP contribution >= 0.6 is 0 Å². The fourth-order valence-electron chi connectivity index (χ4n) is 3.00. The number of aryl methyl sites for hydroxylation is 1. The lowest BCUT2D eigenvalue weighted by molar-refractivity contribution is 0.366. The number of H-pyrrole nitrogens is 1. The van der Waals surface area contributed by atoms with E-state index in [0.717, 1.165) is 33.3 Å². The molecule has 6 heteroatoms. The summed E-state index contributed by atoms with van der Waals surface area (Å²) in [5, 5.41) is 6.74. The highest BCUT2D eigenvalue weighted by atomic mass is 15.3. The average molecular weight is 320 g/mol. The zero-order valence-corrected chi connectivity index (χ0v) is 14.3. The zero-order chi connectivity index (χ0) is 17.1. The van der Waals surface area contributed by atoms with Gasteiger partial charge in [-0.15, -0.1) is 0 Å². The quantitative estimate of drug-likeness (QED) is 0.561. The van der Waals surface area contributed by atoms with Gasteiger partial charge < -0.3 is 10.7 Å². The minimum atomic E-state index is -0.208. The van der Waals surface area contributed by atoms with E-state index in [-0.39, 0.29) is 5.54 Å². The normalized spacial score (nSPS) is 12.3. The van der Waals surface area contributed by atoms with Crippen LogP contribution in [0.15, 0.2) is 30.6 Å². The van der Waals surface area contributed by atoms with Crippen molar-refractivity contribution in [1.82, 2.24) is 24.7 Å². The van der Waals surface area contributed by atoms with Gasteiger partial charge in [-0.3, -0.25) is 0 Å². The number of benzene rings is 1. The van der Waals surface area contributed by atoms with E-state index < -0.39 is 0 Å². The smallest absolute Gasteiger partial charge is 0.164 e. The van der Waals surface area contributed by atoms with Gasteiger partial charge in [-0.2, -0.15) is 5.10 Å². The van der Waals surface area contributed by atoms with Crippen LogP contribution < -0.4 is 5.73 Å². The van der Waals surface area contributed by atoms with E-state index in [9.17, 15) is 0 Å². The van der Waals surface area contributed by atoms with Gasteiger partial charge in [0.05, 0.1) is 16.6 Å². The first-order valence-electron chi connectivity index (χ1n) is 7.94. The number of nitrogens with two attached hydrogens (primary N) is 1. The molecule has 3 N–H and O–H groups in total. The molecule has 6 nitrogen and oxygen atoms in total. The number of nitrogen functional groups attached to an aromatic ring is 1. The number of hydrogen-bond donors (Lipinski definition) is 2. The molecule has 3 aromatic heterocycles. The third-order valence-electron chi connectivity index (χ3n) is 4.16. The second kappa shape index (κ2) is 4.80. The molecule has 0 radical (unpaired) electrons. The minimum absolute atomic E-state index is 0.208. The maximum Gasteiger partial charge on any atom is 0.164 e. The van der Waals surface area contributed by atoms with Crippen molar-refractivity contribution >= 4 is 27.8 Å². The van der Waals surface area contributed by atoms with Crippen molar-refractivity contribution in [1.29, 1.82) is 0 Å². The Morgan fingerprint density at radius 3 is 2.67 bits per heavy atom. The summed E-state index contributed by atoms with van der Waals surface area (Å²) in [4.78, 5) is 12.0. The van der Waals surface area contributed by atoms with Crippen molar-refractivity contribution in [3.8, 4) is 11.4 Å². The molecule has 3 heterocycles. The van der Waals surface area contributed by atoms with Crippen molar-refractivity contribution in [2.45, 2.75) is 33.2 Å². The molecule has 0 unspecified atom stereocenters. The molecule has 4 aromatic rings. The van der Waals surface area contributed by atoms with Crippen LogP contribution in [-0.2, 0) is 5.54 Å². The molecule has 0 fully saturated rings. The Kier molecular flexibility index (Phi) is 2.94. The first-order valence-corrected chi connectivity index (χ1v) is 7.94. The zero-order valence-electron chi connectivity index (χ0n) is 14.3. The van der Waals surface area contributed by atoms with Crippen LogP contribution in [0.4, 0.5) is 5.82 Å². The molecule has 0 spiro atoms. The monoisotopic (exact) mass is 320 g/mol. The number of aromatic amines is 1. The molecule has 0 bridgehead atoms. The molecule has 0 saturated heterocycles. The van der Waals surface area contributed by atoms with Crippen molar-refractivity contribution in [3.63, 3.8) is 0 Å². The van der Waals surface area contributed by atoms with E-state index >= 15 is 0 Å². The van der Waals surface area contributed by atoms with Gasteiger partial charge in [0.1, 0.15) is 17.8 Å². The van der Waals surface area contributed by atoms with Gasteiger partial charge in [0.15, 0.2) is 5.65 Å². The lowest BCUT2D eigenvalue weighted by atomic mass is 10.1. The summed E-state index contributed by atoms with van der Waals surface area (Å²) in [6.45, 7) is 8.36. The van der Waals surface area contributed by atoms with Gasteiger partial charge in [0.25, 0.3) is 0 Å². The summed E-state index contributed by atoms with van der Waals surface area (Å²) >= 11 is 0. The largest absolute Gasteiger partial charge is 0.383 e. The average Bonchev–Trinajstić information content (AvgIpc) is 3.07. The number of hydrogen-bond acceptors (Lipinski definition) is 4. The third kappa shape index (κ3) is 2.14. The Morgan fingerprint density at radius 1 is 1.12 bits per heavy atom. The minimum Gasteiger partial charge on any atom is -0.383 e. The van der Waals surface area contributed by atoms with Gasteiger partial charge in [0.2, 0.25) is 0 Å². The molecular weight excluding hydrogens is 300 g/mol. The van der Waals surface area contributed by atoms with Crippen LogP contribution in [0.3, 0.4) is 0 Å². The van der Waals surface area contributed by atoms with E-state index in [4.69, 9.17) is 10.8 Å². The number of aromatic nitrogens is 5. The SMILES string of the molecule is Cc1ccc2cc(-c3nn(C(C)(C)C)c4ncnc(N)c34)[nH]c2c1. The van der Waals surface area contributed by atoms with Gasteiger partial charge in [-0.25, -0.2) is 14.6 Å². The second-order valence-electron chi connectivity index (χ2n) is 7.16. The van der Waals surface area contributed by atoms with Crippen LogP contribution in [0.5, 0.6) is 0 Å². The number of rotatable bonds is 1. The predicted molar refractivity (Wildman–Crippen MR) is 96.8 cm³/mol. The summed E-state index contributed by atoms with van der Waals surface area (Å²) in [5.41, 5.74) is 10.7. The van der Waals surface area contributed by atoms with Crippen molar-refractivity contribution in [2.24, 2.45) is 0 Å². The second-order valence-corrected chi connectivity index (χ2v) is 7.16. The van der Waals surface area contributed by atoms with Gasteiger partial charge in [-0.1, -0.05) is 12.1 Å². The van der Waals surface area contributed by atoms with Crippen LogP contribution in [0.1, 0.15) is 26.3 Å². The van der Waals surface area contributed by atoms with Crippen LogP contribution in [0.25, 0.3) is 33.3 Å². The first-order chi connectivity index (χ1) is 11.3. The van der Waals surface area contributed by atoms with Gasteiger partial charge in [-0.05, 0) is 45.4 Å². The van der Waals surface area contributed by atoms with Gasteiger partial charge in [0, 0.05) is 10.9 Å². The Morgan fingerprint density at radius 2 is 1.92 bits per heavy atom. The number of fused-ring (bicyclic) bond motifs is 2. The molecule has 24 heavy (non-hydrogen) atoms. The highest BCUT2D eigenvalue weighted by Crippen LogP contribution is 2.33. The highest BCUT2D eigenvalue weighted by molar-refractivity contribution is 6.00. The maximum atomic E-state index is 6.15. The molecular formula is C18H20N6. The van der Waals surface area contributed by atoms with Crippen LogP contribution in [-0.4, -0.2) is 24.7 Å². The summed E-state index contributed by atoms with van der Waals surface area (Å²) in [7, 11) is 0. The van der Waals surface area contributed by atoms with E-state index in [0.29, 0.717) is 5.82 Å². The number of nitrogens with zero attached hydrogens (tertiary/aromatic N) is 4. The Labute approximate surface area is 139 Å². The lowest BCUT2D eigenvalue weighted by Crippen LogP contribution is -2.23. The van der Waals surface area contributed by atoms with Gasteiger partial charge >= 0.3 is 0 Å². The van der Waals surface area contributed by atoms with E-state index in [2.05, 4.69) is 66.9 Å². The molecule has 122 valence electrons. The fraction of sp³-hybridized carbons (Fsp3) is 0.278. The van der Waals surface area contributed by atoms with E-state index in [1.807, 2.05) is 4.68 Å². The summed E-state index contributed by atoms with van der Waals surface area (Å²) < 4.78 is 1.91. The Bertz CT molecular complexity index is 1060. The molecule has 4 rings (SSSR count). The standard InChI is InChI=1S/C18H20N6/c1-10-5-6-11-8-13(22-12(11)7-10)15-14-16(19)20-9-21-17(14)24(23-15)18(2,3)4/h5-9,22H,1-4H3,(H2,19,20,21). The topological polar surface area (TPSA) is 85.4 Å². The summed E-state index contributed by atoms with van der Waals surface area (Å²) in [6.07, 6.45) is 1.49. The van der Waals surface area contributed by atoms with Crippen molar-refractivity contribution in [3.05, 3.63) is 36.2 Å². The third-order valence-corrected chi connectivity index (χ3v) is 4.16.